The van der Waals surface area contributed by atoms with Crippen LogP contribution in [0.25, 0.3) is 0 Å². The molecule has 152 valence electrons. The summed E-state index contributed by atoms with van der Waals surface area (Å²) in [6.45, 7) is 0.904. The van der Waals surface area contributed by atoms with Gasteiger partial charge in [-0.3, -0.25) is 14.6 Å². The average Bonchev–Trinajstić information content (AvgIpc) is 3.53. The molecule has 2 bridgehead atoms. The van der Waals surface area contributed by atoms with E-state index in [1.165, 1.54) is 0 Å². The Labute approximate surface area is 172 Å². The van der Waals surface area contributed by atoms with Crippen molar-refractivity contribution < 1.29 is 23.8 Å². The summed E-state index contributed by atoms with van der Waals surface area (Å²) in [7, 11) is 0. The first-order valence-electron chi connectivity index (χ1n) is 9.89. The van der Waals surface area contributed by atoms with Gasteiger partial charge in [0, 0.05) is 30.7 Å². The SMILES string of the molecule is O=C(NCc1cccnc1)[C@@H]1[C@H]2C=C[C@@]3(CN(c4ccc5c(c4)OCO5)C(=O)[C@@H]13)O2. The largest absolute Gasteiger partial charge is 0.454 e. The van der Waals surface area contributed by atoms with Crippen molar-refractivity contribution in [1.82, 2.24) is 10.3 Å². The number of aromatic nitrogens is 1. The van der Waals surface area contributed by atoms with Crippen LogP contribution in [0.5, 0.6) is 11.5 Å². The summed E-state index contributed by atoms with van der Waals surface area (Å²) in [5.74, 6) is -0.122. The minimum atomic E-state index is -0.769. The van der Waals surface area contributed by atoms with E-state index in [4.69, 9.17) is 14.2 Å². The van der Waals surface area contributed by atoms with E-state index in [0.717, 1.165) is 5.56 Å². The zero-order valence-electron chi connectivity index (χ0n) is 16.0. The number of anilines is 1. The van der Waals surface area contributed by atoms with Gasteiger partial charge in [-0.25, -0.2) is 0 Å². The molecule has 0 saturated carbocycles. The quantitative estimate of drug-likeness (QED) is 0.774. The Morgan fingerprint density at radius 1 is 1.27 bits per heavy atom. The number of hydrogen-bond acceptors (Lipinski definition) is 6. The van der Waals surface area contributed by atoms with Crippen molar-refractivity contribution in [1.29, 1.82) is 0 Å². The van der Waals surface area contributed by atoms with Gasteiger partial charge in [0.2, 0.25) is 18.6 Å². The lowest BCUT2D eigenvalue weighted by Crippen LogP contribution is -2.44. The number of amides is 2. The van der Waals surface area contributed by atoms with Crippen LogP contribution in [0, 0.1) is 11.8 Å². The van der Waals surface area contributed by atoms with Crippen molar-refractivity contribution in [2.45, 2.75) is 18.2 Å². The molecule has 4 atom stereocenters. The molecule has 1 aromatic heterocycles. The fraction of sp³-hybridized carbons (Fsp3) is 0.318. The van der Waals surface area contributed by atoms with Gasteiger partial charge < -0.3 is 24.4 Å². The molecule has 2 saturated heterocycles. The van der Waals surface area contributed by atoms with E-state index in [9.17, 15) is 9.59 Å². The molecule has 8 nitrogen and oxygen atoms in total. The van der Waals surface area contributed by atoms with Crippen LogP contribution in [0.4, 0.5) is 5.69 Å². The molecule has 1 aromatic carbocycles. The zero-order valence-corrected chi connectivity index (χ0v) is 16.0. The van der Waals surface area contributed by atoms with Gasteiger partial charge >= 0.3 is 0 Å². The lowest BCUT2D eigenvalue weighted by Gasteiger charge is -2.23. The van der Waals surface area contributed by atoms with Crippen molar-refractivity contribution in [2.75, 3.05) is 18.2 Å². The van der Waals surface area contributed by atoms with E-state index < -0.39 is 17.4 Å². The number of ether oxygens (including phenoxy) is 3. The van der Waals surface area contributed by atoms with Gasteiger partial charge in [0.15, 0.2) is 11.5 Å². The maximum absolute atomic E-state index is 13.4. The second-order valence-electron chi connectivity index (χ2n) is 7.94. The highest BCUT2D eigenvalue weighted by molar-refractivity contribution is 6.03. The first-order valence-corrected chi connectivity index (χ1v) is 9.89. The molecule has 4 aliphatic rings. The first-order chi connectivity index (χ1) is 14.6. The molecule has 6 rings (SSSR count). The lowest BCUT2D eigenvalue weighted by molar-refractivity contribution is -0.132. The van der Waals surface area contributed by atoms with Gasteiger partial charge in [0.25, 0.3) is 0 Å². The second-order valence-corrected chi connectivity index (χ2v) is 7.94. The van der Waals surface area contributed by atoms with Crippen LogP contribution in [0.15, 0.2) is 54.9 Å². The predicted octanol–water partition coefficient (Wildman–Crippen LogP) is 1.41. The second kappa shape index (κ2) is 6.30. The number of hydrogen-bond donors (Lipinski definition) is 1. The van der Waals surface area contributed by atoms with Gasteiger partial charge in [-0.05, 0) is 23.8 Å². The predicted molar refractivity (Wildman–Crippen MR) is 105 cm³/mol. The van der Waals surface area contributed by atoms with E-state index in [0.29, 0.717) is 30.3 Å². The molecule has 30 heavy (non-hydrogen) atoms. The molecule has 2 amide bonds. The number of rotatable bonds is 4. The van der Waals surface area contributed by atoms with E-state index in [2.05, 4.69) is 10.3 Å². The zero-order chi connectivity index (χ0) is 20.3. The number of carbonyl (C=O) groups excluding carboxylic acids is 2. The third-order valence-corrected chi connectivity index (χ3v) is 6.26. The Balaban J connectivity index is 1.25. The monoisotopic (exact) mass is 405 g/mol. The van der Waals surface area contributed by atoms with E-state index in [1.807, 2.05) is 30.4 Å². The van der Waals surface area contributed by atoms with Crippen LogP contribution < -0.4 is 19.7 Å². The molecular formula is C22H19N3O5. The number of nitrogens with zero attached hydrogens (tertiary/aromatic N) is 2. The summed E-state index contributed by atoms with van der Waals surface area (Å²) < 4.78 is 17.0. The molecule has 8 heteroatoms. The maximum atomic E-state index is 13.4. The van der Waals surface area contributed by atoms with Gasteiger partial charge in [-0.15, -0.1) is 0 Å². The van der Waals surface area contributed by atoms with Crippen molar-refractivity contribution in [3.8, 4) is 11.5 Å². The normalized spacial score (nSPS) is 30.1. The molecule has 1 N–H and O–H groups in total. The highest BCUT2D eigenvalue weighted by Gasteiger charge is 2.67. The molecular weight excluding hydrogens is 386 g/mol. The molecule has 0 aliphatic carbocycles. The molecule has 2 aromatic rings. The Hall–Kier alpha value is -3.39. The van der Waals surface area contributed by atoms with Crippen molar-refractivity contribution in [3.05, 3.63) is 60.4 Å². The van der Waals surface area contributed by atoms with Crippen LogP contribution in [-0.2, 0) is 20.9 Å². The molecule has 5 heterocycles. The van der Waals surface area contributed by atoms with Gasteiger partial charge in [-0.1, -0.05) is 18.2 Å². The first kappa shape index (κ1) is 17.5. The smallest absolute Gasteiger partial charge is 0.234 e. The van der Waals surface area contributed by atoms with Crippen molar-refractivity contribution in [3.63, 3.8) is 0 Å². The van der Waals surface area contributed by atoms with Gasteiger partial charge in [0.05, 0.1) is 24.5 Å². The molecule has 0 unspecified atom stereocenters. The maximum Gasteiger partial charge on any atom is 0.234 e. The standard InChI is InChI=1S/C22H19N3O5/c26-20(24-10-13-2-1-7-23-9-13)18-16-5-6-22(30-16)11-25(21(27)19(18)22)14-3-4-15-17(8-14)29-12-28-15/h1-9,16,18-19H,10-12H2,(H,24,26)/t16-,18-,19-,22+/m1/s1. The summed E-state index contributed by atoms with van der Waals surface area (Å²) in [6.07, 6.45) is 6.86. The molecule has 0 radical (unpaired) electrons. The Morgan fingerprint density at radius 3 is 3.03 bits per heavy atom. The van der Waals surface area contributed by atoms with E-state index in [1.54, 1.807) is 29.4 Å². The number of benzene rings is 1. The number of pyridine rings is 1. The van der Waals surface area contributed by atoms with Gasteiger partial charge in [-0.2, -0.15) is 0 Å². The topological polar surface area (TPSA) is 90.0 Å². The summed E-state index contributed by atoms with van der Waals surface area (Å²) in [5, 5.41) is 2.94. The minimum Gasteiger partial charge on any atom is -0.454 e. The molecule has 1 spiro atoms. The summed E-state index contributed by atoms with van der Waals surface area (Å²) in [6, 6.07) is 9.14. The average molecular weight is 405 g/mol. The number of fused-ring (bicyclic) bond motifs is 2. The van der Waals surface area contributed by atoms with Gasteiger partial charge in [0.1, 0.15) is 5.60 Å². The minimum absolute atomic E-state index is 0.109. The fourth-order valence-corrected chi connectivity index (χ4v) is 4.88. The highest BCUT2D eigenvalue weighted by Crippen LogP contribution is 2.53. The third-order valence-electron chi connectivity index (χ3n) is 6.26. The third kappa shape index (κ3) is 2.46. The van der Waals surface area contributed by atoms with Crippen LogP contribution in [-0.4, -0.2) is 41.8 Å². The van der Waals surface area contributed by atoms with E-state index in [-0.39, 0.29) is 24.7 Å². The van der Waals surface area contributed by atoms with Crippen LogP contribution in [0.1, 0.15) is 5.56 Å². The van der Waals surface area contributed by atoms with Crippen LogP contribution in [0.2, 0.25) is 0 Å². The Morgan fingerprint density at radius 2 is 2.17 bits per heavy atom. The van der Waals surface area contributed by atoms with Crippen molar-refractivity contribution in [2.24, 2.45) is 11.8 Å². The number of carbonyl (C=O) groups is 2. The fourth-order valence-electron chi connectivity index (χ4n) is 4.88. The Kier molecular flexibility index (Phi) is 3.67. The summed E-state index contributed by atoms with van der Waals surface area (Å²) in [4.78, 5) is 32.2. The lowest BCUT2D eigenvalue weighted by atomic mass is 9.77. The summed E-state index contributed by atoms with van der Waals surface area (Å²) in [5.41, 5.74) is 0.844. The van der Waals surface area contributed by atoms with E-state index >= 15 is 0 Å². The summed E-state index contributed by atoms with van der Waals surface area (Å²) >= 11 is 0. The highest BCUT2D eigenvalue weighted by atomic mass is 16.7. The molecule has 4 aliphatic heterocycles. The van der Waals surface area contributed by atoms with Crippen LogP contribution >= 0.6 is 0 Å². The molecule has 2 fully saturated rings. The van der Waals surface area contributed by atoms with Crippen molar-refractivity contribution >= 4 is 17.5 Å². The Bertz CT molecular complexity index is 1070. The van der Waals surface area contributed by atoms with Crippen LogP contribution in [0.3, 0.4) is 0 Å². The number of nitrogens with one attached hydrogen (secondary N) is 1.